The van der Waals surface area contributed by atoms with E-state index in [1.807, 2.05) is 42.5 Å². The SMILES string of the molecule is COc1cccc(NC(=O)c2ccccc2CN(CCC(N)C(=O)O)CC2CC2)c1. The van der Waals surface area contributed by atoms with E-state index in [1.165, 1.54) is 12.8 Å². The smallest absolute Gasteiger partial charge is 0.320 e. The number of anilines is 1. The Bertz CT molecular complexity index is 882. The Morgan fingerprint density at radius 2 is 2.00 bits per heavy atom. The first-order valence-corrected chi connectivity index (χ1v) is 10.2. The van der Waals surface area contributed by atoms with Gasteiger partial charge in [-0.25, -0.2) is 0 Å². The largest absolute Gasteiger partial charge is 0.497 e. The second-order valence-electron chi connectivity index (χ2n) is 7.76. The van der Waals surface area contributed by atoms with Gasteiger partial charge in [-0.3, -0.25) is 14.5 Å². The zero-order valence-corrected chi connectivity index (χ0v) is 17.2. The van der Waals surface area contributed by atoms with Gasteiger partial charge in [0, 0.05) is 37.0 Å². The second-order valence-corrected chi connectivity index (χ2v) is 7.76. The third-order valence-electron chi connectivity index (χ3n) is 5.27. The molecule has 30 heavy (non-hydrogen) atoms. The number of amides is 1. The Labute approximate surface area is 176 Å². The average Bonchev–Trinajstić information content (AvgIpc) is 3.56. The summed E-state index contributed by atoms with van der Waals surface area (Å²) in [6, 6.07) is 13.9. The molecule has 1 atom stereocenters. The van der Waals surface area contributed by atoms with Gasteiger partial charge in [0.05, 0.1) is 7.11 Å². The van der Waals surface area contributed by atoms with Crippen LogP contribution < -0.4 is 15.8 Å². The standard InChI is InChI=1S/C23H29N3O4/c1-30-19-7-4-6-18(13-19)25-22(27)20-8-3-2-5-17(20)15-26(14-16-9-10-16)12-11-21(24)23(28)29/h2-8,13,16,21H,9-12,14-15,24H2,1H3,(H,25,27)(H,28,29). The third kappa shape index (κ3) is 6.30. The summed E-state index contributed by atoms with van der Waals surface area (Å²) in [5.41, 5.74) is 7.86. The van der Waals surface area contributed by atoms with Crippen molar-refractivity contribution >= 4 is 17.6 Å². The number of hydrogen-bond donors (Lipinski definition) is 3. The molecule has 1 amide bonds. The van der Waals surface area contributed by atoms with Crippen LogP contribution >= 0.6 is 0 Å². The van der Waals surface area contributed by atoms with Crippen LogP contribution in [-0.2, 0) is 11.3 Å². The molecule has 1 aliphatic carbocycles. The molecule has 0 aliphatic heterocycles. The lowest BCUT2D eigenvalue weighted by molar-refractivity contribution is -0.138. The molecular formula is C23H29N3O4. The molecule has 7 nitrogen and oxygen atoms in total. The van der Waals surface area contributed by atoms with E-state index in [9.17, 15) is 9.59 Å². The van der Waals surface area contributed by atoms with Crippen LogP contribution in [0.15, 0.2) is 48.5 Å². The number of carboxylic acid groups (broad SMARTS) is 1. The van der Waals surface area contributed by atoms with Crippen LogP contribution in [0.4, 0.5) is 5.69 Å². The minimum atomic E-state index is -0.987. The lowest BCUT2D eigenvalue weighted by Crippen LogP contribution is -2.36. The summed E-state index contributed by atoms with van der Waals surface area (Å²) in [4.78, 5) is 26.2. The Balaban J connectivity index is 1.71. The van der Waals surface area contributed by atoms with Crippen molar-refractivity contribution in [3.8, 4) is 5.75 Å². The number of nitrogens with two attached hydrogens (primary N) is 1. The van der Waals surface area contributed by atoms with E-state index in [4.69, 9.17) is 15.6 Å². The summed E-state index contributed by atoms with van der Waals surface area (Å²) in [6.07, 6.45) is 2.76. The first kappa shape index (κ1) is 21.8. The maximum Gasteiger partial charge on any atom is 0.320 e. The molecule has 1 saturated carbocycles. The van der Waals surface area contributed by atoms with Crippen molar-refractivity contribution in [3.05, 3.63) is 59.7 Å². The summed E-state index contributed by atoms with van der Waals surface area (Å²) in [7, 11) is 1.58. The minimum absolute atomic E-state index is 0.188. The quantitative estimate of drug-likeness (QED) is 0.525. The molecule has 1 unspecified atom stereocenters. The van der Waals surface area contributed by atoms with E-state index in [1.54, 1.807) is 13.2 Å². The number of hydrogen-bond acceptors (Lipinski definition) is 5. The highest BCUT2D eigenvalue weighted by atomic mass is 16.5. The molecule has 0 spiro atoms. The summed E-state index contributed by atoms with van der Waals surface area (Å²) in [5.74, 6) is 0.141. The Hall–Kier alpha value is -2.90. The highest BCUT2D eigenvalue weighted by Gasteiger charge is 2.26. The van der Waals surface area contributed by atoms with Crippen molar-refractivity contribution in [2.45, 2.75) is 31.8 Å². The number of nitrogens with one attached hydrogen (secondary N) is 1. The number of carbonyl (C=O) groups is 2. The van der Waals surface area contributed by atoms with Crippen molar-refractivity contribution in [2.75, 3.05) is 25.5 Å². The lowest BCUT2D eigenvalue weighted by Gasteiger charge is -2.24. The van der Waals surface area contributed by atoms with Gasteiger partial charge in [0.25, 0.3) is 5.91 Å². The molecule has 3 rings (SSSR count). The molecule has 2 aromatic rings. The monoisotopic (exact) mass is 411 g/mol. The van der Waals surface area contributed by atoms with Crippen LogP contribution in [-0.4, -0.2) is 48.1 Å². The number of benzene rings is 2. The fraction of sp³-hybridized carbons (Fsp3) is 0.391. The van der Waals surface area contributed by atoms with Crippen molar-refractivity contribution in [3.63, 3.8) is 0 Å². The average molecular weight is 412 g/mol. The molecule has 2 aromatic carbocycles. The molecule has 0 aromatic heterocycles. The number of carbonyl (C=O) groups excluding carboxylic acids is 1. The van der Waals surface area contributed by atoms with Gasteiger partial charge in [0.15, 0.2) is 0 Å². The first-order chi connectivity index (χ1) is 14.5. The van der Waals surface area contributed by atoms with Gasteiger partial charge < -0.3 is 20.9 Å². The first-order valence-electron chi connectivity index (χ1n) is 10.2. The van der Waals surface area contributed by atoms with E-state index >= 15 is 0 Å². The van der Waals surface area contributed by atoms with Gasteiger partial charge in [-0.15, -0.1) is 0 Å². The number of methoxy groups -OCH3 is 1. The maximum atomic E-state index is 12.9. The van der Waals surface area contributed by atoms with E-state index in [2.05, 4.69) is 10.2 Å². The van der Waals surface area contributed by atoms with Crippen LogP contribution in [0.3, 0.4) is 0 Å². The van der Waals surface area contributed by atoms with Crippen molar-refractivity contribution in [1.29, 1.82) is 0 Å². The molecular weight excluding hydrogens is 382 g/mol. The molecule has 160 valence electrons. The van der Waals surface area contributed by atoms with Gasteiger partial charge in [0.1, 0.15) is 11.8 Å². The minimum Gasteiger partial charge on any atom is -0.497 e. The van der Waals surface area contributed by atoms with Gasteiger partial charge in [0.2, 0.25) is 0 Å². The van der Waals surface area contributed by atoms with Crippen molar-refractivity contribution in [1.82, 2.24) is 4.90 Å². The van der Waals surface area contributed by atoms with Crippen LogP contribution in [0, 0.1) is 5.92 Å². The lowest BCUT2D eigenvalue weighted by atomic mass is 10.1. The number of nitrogens with zero attached hydrogens (tertiary/aromatic N) is 1. The van der Waals surface area contributed by atoms with Gasteiger partial charge >= 0.3 is 5.97 Å². The van der Waals surface area contributed by atoms with Crippen LogP contribution in [0.25, 0.3) is 0 Å². The molecule has 1 fully saturated rings. The van der Waals surface area contributed by atoms with Crippen LogP contribution in [0.1, 0.15) is 35.2 Å². The van der Waals surface area contributed by atoms with E-state index in [0.29, 0.717) is 42.4 Å². The molecule has 1 aliphatic rings. The van der Waals surface area contributed by atoms with Crippen LogP contribution in [0.2, 0.25) is 0 Å². The summed E-state index contributed by atoms with van der Waals surface area (Å²) in [6.45, 7) is 2.04. The molecule has 0 heterocycles. The van der Waals surface area contributed by atoms with Crippen LogP contribution in [0.5, 0.6) is 5.75 Å². The Morgan fingerprint density at radius 1 is 1.23 bits per heavy atom. The van der Waals surface area contributed by atoms with Crippen molar-refractivity contribution in [2.24, 2.45) is 11.7 Å². The molecule has 4 N–H and O–H groups in total. The fourth-order valence-electron chi connectivity index (χ4n) is 3.37. The molecule has 7 heteroatoms. The normalized spacial score (nSPS) is 14.4. The predicted molar refractivity (Wildman–Crippen MR) is 116 cm³/mol. The summed E-state index contributed by atoms with van der Waals surface area (Å²) < 4.78 is 5.21. The van der Waals surface area contributed by atoms with E-state index in [-0.39, 0.29) is 5.91 Å². The summed E-state index contributed by atoms with van der Waals surface area (Å²) >= 11 is 0. The topological polar surface area (TPSA) is 105 Å². The molecule has 0 radical (unpaired) electrons. The van der Waals surface area contributed by atoms with Crippen molar-refractivity contribution < 1.29 is 19.4 Å². The molecule has 0 bridgehead atoms. The Morgan fingerprint density at radius 3 is 2.70 bits per heavy atom. The predicted octanol–water partition coefficient (Wildman–Crippen LogP) is 2.96. The summed E-state index contributed by atoms with van der Waals surface area (Å²) in [5, 5.41) is 12.0. The zero-order valence-electron chi connectivity index (χ0n) is 17.2. The number of ether oxygens (including phenoxy) is 1. The van der Waals surface area contributed by atoms with Gasteiger partial charge in [-0.2, -0.15) is 0 Å². The van der Waals surface area contributed by atoms with Gasteiger partial charge in [-0.05, 0) is 48.9 Å². The number of carboxylic acids is 1. The second kappa shape index (κ2) is 10.2. The fourth-order valence-corrected chi connectivity index (χ4v) is 3.37. The molecule has 0 saturated heterocycles. The highest BCUT2D eigenvalue weighted by Crippen LogP contribution is 2.30. The van der Waals surface area contributed by atoms with E-state index < -0.39 is 12.0 Å². The third-order valence-corrected chi connectivity index (χ3v) is 5.27. The highest BCUT2D eigenvalue weighted by molar-refractivity contribution is 6.05. The number of aliphatic carboxylic acids is 1. The van der Waals surface area contributed by atoms with Gasteiger partial charge in [-0.1, -0.05) is 24.3 Å². The van der Waals surface area contributed by atoms with E-state index in [0.717, 1.165) is 12.1 Å². The zero-order chi connectivity index (χ0) is 21.5. The number of rotatable bonds is 11. The maximum absolute atomic E-state index is 12.9. The Kier molecular flexibility index (Phi) is 7.43.